The molecule has 4 heteroatoms. The fourth-order valence-electron chi connectivity index (χ4n) is 3.49. The summed E-state index contributed by atoms with van der Waals surface area (Å²) in [6, 6.07) is 7.38. The van der Waals surface area contributed by atoms with Crippen LogP contribution in [0.2, 0.25) is 0 Å². The number of aromatic nitrogens is 1. The molecule has 1 aromatic heterocycles. The summed E-state index contributed by atoms with van der Waals surface area (Å²) in [4.78, 5) is 4.27. The highest BCUT2D eigenvalue weighted by atomic mass is 19.2. The quantitative estimate of drug-likeness (QED) is 0.535. The summed E-state index contributed by atoms with van der Waals surface area (Å²) < 4.78 is 32.0. The molecular weight excluding hydrogens is 320 g/mol. The molecule has 25 heavy (non-hydrogen) atoms. The van der Waals surface area contributed by atoms with Gasteiger partial charge in [0.2, 0.25) is 0 Å². The van der Waals surface area contributed by atoms with E-state index in [2.05, 4.69) is 4.98 Å². The van der Waals surface area contributed by atoms with Gasteiger partial charge in [-0.15, -0.1) is 0 Å². The number of unbranched alkanes of at least 4 members (excludes halogenated alkanes) is 2. The van der Waals surface area contributed by atoms with Gasteiger partial charge in [0, 0.05) is 5.56 Å². The molecular formula is C21H25F2NO. The van der Waals surface area contributed by atoms with E-state index in [0.29, 0.717) is 23.6 Å². The highest BCUT2D eigenvalue weighted by Gasteiger charge is 2.13. The zero-order valence-corrected chi connectivity index (χ0v) is 14.5. The van der Waals surface area contributed by atoms with Crippen LogP contribution in [0.4, 0.5) is 8.78 Å². The van der Waals surface area contributed by atoms with Crippen molar-refractivity contribution in [2.24, 2.45) is 5.92 Å². The van der Waals surface area contributed by atoms with E-state index in [1.807, 2.05) is 6.07 Å². The Labute approximate surface area is 148 Å². The van der Waals surface area contributed by atoms with Crippen molar-refractivity contribution in [1.82, 2.24) is 4.98 Å². The number of hydrogen-bond donors (Lipinski definition) is 0. The summed E-state index contributed by atoms with van der Waals surface area (Å²) >= 11 is 0. The molecule has 1 saturated carbocycles. The SMILES string of the molecule is Fc1ccc(-c2ccc(OCCCCCC3CCCC3)cn2)cc1F. The van der Waals surface area contributed by atoms with Crippen molar-refractivity contribution in [1.29, 1.82) is 0 Å². The minimum atomic E-state index is -0.864. The number of nitrogens with zero attached hydrogens (tertiary/aromatic N) is 1. The maximum absolute atomic E-state index is 13.3. The molecule has 1 heterocycles. The Morgan fingerprint density at radius 3 is 2.52 bits per heavy atom. The Morgan fingerprint density at radius 1 is 0.960 bits per heavy atom. The average Bonchev–Trinajstić information content (AvgIpc) is 3.14. The highest BCUT2D eigenvalue weighted by molar-refractivity contribution is 5.59. The van der Waals surface area contributed by atoms with Crippen LogP contribution in [0.25, 0.3) is 11.3 Å². The molecule has 0 radical (unpaired) electrons. The zero-order chi connectivity index (χ0) is 17.5. The van der Waals surface area contributed by atoms with Crippen LogP contribution in [0.5, 0.6) is 5.75 Å². The lowest BCUT2D eigenvalue weighted by molar-refractivity contribution is 0.301. The van der Waals surface area contributed by atoms with Gasteiger partial charge >= 0.3 is 0 Å². The monoisotopic (exact) mass is 345 g/mol. The van der Waals surface area contributed by atoms with E-state index in [1.54, 1.807) is 12.3 Å². The number of halogens is 2. The minimum Gasteiger partial charge on any atom is -0.492 e. The van der Waals surface area contributed by atoms with Gasteiger partial charge in [0.1, 0.15) is 5.75 Å². The lowest BCUT2D eigenvalue weighted by Gasteiger charge is -2.09. The molecule has 0 bridgehead atoms. The van der Waals surface area contributed by atoms with Gasteiger partial charge in [0.05, 0.1) is 18.5 Å². The predicted molar refractivity (Wildman–Crippen MR) is 95.5 cm³/mol. The Hall–Kier alpha value is -1.97. The smallest absolute Gasteiger partial charge is 0.159 e. The lowest BCUT2D eigenvalue weighted by atomic mass is 10.0. The zero-order valence-electron chi connectivity index (χ0n) is 14.5. The number of benzene rings is 1. The molecule has 0 N–H and O–H groups in total. The van der Waals surface area contributed by atoms with Crippen molar-refractivity contribution in [2.75, 3.05) is 6.61 Å². The minimum absolute atomic E-state index is 0.553. The van der Waals surface area contributed by atoms with Gasteiger partial charge in [-0.05, 0) is 42.7 Å². The maximum atomic E-state index is 13.3. The van der Waals surface area contributed by atoms with Crippen molar-refractivity contribution >= 4 is 0 Å². The number of hydrogen-bond acceptors (Lipinski definition) is 2. The second-order valence-corrected chi connectivity index (χ2v) is 6.86. The van der Waals surface area contributed by atoms with E-state index >= 15 is 0 Å². The molecule has 0 saturated heterocycles. The molecule has 1 aromatic carbocycles. The summed E-state index contributed by atoms with van der Waals surface area (Å²) in [7, 11) is 0. The van der Waals surface area contributed by atoms with Crippen molar-refractivity contribution in [2.45, 2.75) is 51.4 Å². The van der Waals surface area contributed by atoms with Gasteiger partial charge < -0.3 is 4.74 Å². The van der Waals surface area contributed by atoms with Crippen molar-refractivity contribution in [3.63, 3.8) is 0 Å². The van der Waals surface area contributed by atoms with E-state index in [-0.39, 0.29) is 0 Å². The van der Waals surface area contributed by atoms with E-state index in [0.717, 1.165) is 24.5 Å². The summed E-state index contributed by atoms with van der Waals surface area (Å²) in [5, 5.41) is 0. The highest BCUT2D eigenvalue weighted by Crippen LogP contribution is 2.29. The normalized spacial score (nSPS) is 14.8. The Balaban J connectivity index is 1.39. The van der Waals surface area contributed by atoms with Crippen LogP contribution in [0.15, 0.2) is 36.5 Å². The fraction of sp³-hybridized carbons (Fsp3) is 0.476. The molecule has 0 atom stereocenters. The first kappa shape index (κ1) is 17.8. The second kappa shape index (κ2) is 8.93. The molecule has 2 nitrogen and oxygen atoms in total. The van der Waals surface area contributed by atoms with Crippen molar-refractivity contribution in [3.8, 4) is 17.0 Å². The third kappa shape index (κ3) is 5.25. The van der Waals surface area contributed by atoms with Crippen molar-refractivity contribution in [3.05, 3.63) is 48.2 Å². The second-order valence-electron chi connectivity index (χ2n) is 6.86. The van der Waals surface area contributed by atoms with E-state index in [1.165, 1.54) is 51.0 Å². The van der Waals surface area contributed by atoms with E-state index in [4.69, 9.17) is 4.74 Å². The third-order valence-corrected chi connectivity index (χ3v) is 4.95. The maximum Gasteiger partial charge on any atom is 0.159 e. The van der Waals surface area contributed by atoms with Gasteiger partial charge in [-0.25, -0.2) is 8.78 Å². The standard InChI is InChI=1S/C21H25F2NO/c22-19-11-9-17(14-20(19)23)21-12-10-18(15-24-21)25-13-5-1-2-6-16-7-3-4-8-16/h9-12,14-16H,1-8,13H2. The third-order valence-electron chi connectivity index (χ3n) is 4.95. The first-order valence-corrected chi connectivity index (χ1v) is 9.26. The summed E-state index contributed by atoms with van der Waals surface area (Å²) in [5.74, 6) is -0.0371. The Kier molecular flexibility index (Phi) is 6.37. The summed E-state index contributed by atoms with van der Waals surface area (Å²) in [5.41, 5.74) is 1.15. The number of rotatable bonds is 8. The first-order valence-electron chi connectivity index (χ1n) is 9.26. The van der Waals surface area contributed by atoms with Crippen LogP contribution in [0.3, 0.4) is 0 Å². The van der Waals surface area contributed by atoms with Gasteiger partial charge in [-0.3, -0.25) is 4.98 Å². The lowest BCUT2D eigenvalue weighted by Crippen LogP contribution is -1.99. The van der Waals surface area contributed by atoms with Crippen LogP contribution >= 0.6 is 0 Å². The van der Waals surface area contributed by atoms with Gasteiger partial charge in [0.15, 0.2) is 11.6 Å². The van der Waals surface area contributed by atoms with E-state index < -0.39 is 11.6 Å². The number of pyridine rings is 1. The number of ether oxygens (including phenoxy) is 1. The fourth-order valence-corrected chi connectivity index (χ4v) is 3.49. The molecule has 3 rings (SSSR count). The van der Waals surface area contributed by atoms with Gasteiger partial charge in [-0.2, -0.15) is 0 Å². The molecule has 1 fully saturated rings. The predicted octanol–water partition coefficient (Wildman–Crippen LogP) is 6.16. The largest absolute Gasteiger partial charge is 0.492 e. The molecule has 2 aromatic rings. The van der Waals surface area contributed by atoms with Crippen LogP contribution in [-0.2, 0) is 0 Å². The Morgan fingerprint density at radius 2 is 1.80 bits per heavy atom. The topological polar surface area (TPSA) is 22.1 Å². The van der Waals surface area contributed by atoms with E-state index in [9.17, 15) is 8.78 Å². The van der Waals surface area contributed by atoms with Crippen LogP contribution in [-0.4, -0.2) is 11.6 Å². The molecule has 1 aliphatic rings. The Bertz CT molecular complexity index is 666. The molecule has 0 unspecified atom stereocenters. The molecule has 1 aliphatic carbocycles. The van der Waals surface area contributed by atoms with Crippen LogP contribution in [0, 0.1) is 17.6 Å². The van der Waals surface area contributed by atoms with Crippen LogP contribution < -0.4 is 4.74 Å². The van der Waals surface area contributed by atoms with Gasteiger partial charge in [-0.1, -0.05) is 44.9 Å². The first-order chi connectivity index (χ1) is 12.2. The molecule has 0 amide bonds. The molecule has 0 spiro atoms. The van der Waals surface area contributed by atoms with Crippen LogP contribution in [0.1, 0.15) is 51.4 Å². The molecule has 0 aliphatic heterocycles. The summed E-state index contributed by atoms with van der Waals surface area (Å²) in [6.45, 7) is 0.691. The molecule has 134 valence electrons. The average molecular weight is 345 g/mol. The summed E-state index contributed by atoms with van der Waals surface area (Å²) in [6.07, 6.45) is 12.2. The van der Waals surface area contributed by atoms with Gasteiger partial charge in [0.25, 0.3) is 0 Å². The van der Waals surface area contributed by atoms with Crippen molar-refractivity contribution < 1.29 is 13.5 Å².